The summed E-state index contributed by atoms with van der Waals surface area (Å²) in [5.41, 5.74) is 2.21. The second kappa shape index (κ2) is 5.77. The Morgan fingerprint density at radius 3 is 2.75 bits per heavy atom. The summed E-state index contributed by atoms with van der Waals surface area (Å²) in [6.45, 7) is 6.07. The number of amides is 1. The molecule has 106 valence electrons. The fourth-order valence-corrected chi connectivity index (χ4v) is 1.87. The zero-order valence-corrected chi connectivity index (χ0v) is 11.9. The Hall–Kier alpha value is -2.30. The summed E-state index contributed by atoms with van der Waals surface area (Å²) >= 11 is 0. The number of phenolic OH excluding ortho intramolecular Hbond substituents is 1. The minimum Gasteiger partial charge on any atom is -0.507 e. The fourth-order valence-electron chi connectivity index (χ4n) is 1.87. The van der Waals surface area contributed by atoms with Crippen molar-refractivity contribution in [1.29, 1.82) is 0 Å². The molecule has 2 aromatic rings. The van der Waals surface area contributed by atoms with Crippen LogP contribution in [0.4, 0.5) is 5.82 Å². The Balaban J connectivity index is 2.19. The number of aryl methyl sites for hydroxylation is 1. The second-order valence-corrected chi connectivity index (χ2v) is 5.02. The van der Waals surface area contributed by atoms with E-state index in [2.05, 4.69) is 15.5 Å². The normalized spacial score (nSPS) is 10.8. The Morgan fingerprint density at radius 1 is 1.40 bits per heavy atom. The van der Waals surface area contributed by atoms with Crippen LogP contribution in [0.5, 0.6) is 5.75 Å². The summed E-state index contributed by atoms with van der Waals surface area (Å²) in [6, 6.07) is 6.83. The van der Waals surface area contributed by atoms with Gasteiger partial charge in [0.05, 0.1) is 5.56 Å². The highest BCUT2D eigenvalue weighted by atomic mass is 16.3. The standard InChI is InChI=1S/C15H19N3O2/c1-4-10-5-6-13(19)11(7-10)15(20)16-14-8-12(9(2)3)17-18-14/h5-9,19H,4H2,1-3H3,(H2,16,17,18,20). The van der Waals surface area contributed by atoms with Gasteiger partial charge in [-0.2, -0.15) is 5.10 Å². The number of aromatic nitrogens is 2. The van der Waals surface area contributed by atoms with E-state index in [1.807, 2.05) is 20.8 Å². The molecule has 0 aliphatic rings. The lowest BCUT2D eigenvalue weighted by molar-refractivity contribution is 0.102. The first-order chi connectivity index (χ1) is 9.51. The van der Waals surface area contributed by atoms with Gasteiger partial charge >= 0.3 is 0 Å². The average molecular weight is 273 g/mol. The van der Waals surface area contributed by atoms with Crippen LogP contribution in [0.3, 0.4) is 0 Å². The molecule has 1 aromatic heterocycles. The highest BCUT2D eigenvalue weighted by molar-refractivity contribution is 6.05. The van der Waals surface area contributed by atoms with Crippen molar-refractivity contribution in [2.24, 2.45) is 0 Å². The number of benzene rings is 1. The number of rotatable bonds is 4. The average Bonchev–Trinajstić information content (AvgIpc) is 2.88. The molecule has 0 saturated heterocycles. The maximum atomic E-state index is 12.2. The molecular weight excluding hydrogens is 254 g/mol. The van der Waals surface area contributed by atoms with Crippen LogP contribution in [0, 0.1) is 0 Å². The van der Waals surface area contributed by atoms with Gasteiger partial charge in [-0.25, -0.2) is 0 Å². The van der Waals surface area contributed by atoms with E-state index in [-0.39, 0.29) is 17.2 Å². The lowest BCUT2D eigenvalue weighted by Crippen LogP contribution is -2.12. The number of phenols is 1. The van der Waals surface area contributed by atoms with E-state index in [4.69, 9.17) is 0 Å². The van der Waals surface area contributed by atoms with Crippen molar-refractivity contribution in [2.45, 2.75) is 33.1 Å². The largest absolute Gasteiger partial charge is 0.507 e. The number of carbonyl (C=O) groups excluding carboxylic acids is 1. The molecule has 0 bridgehead atoms. The van der Waals surface area contributed by atoms with Gasteiger partial charge < -0.3 is 10.4 Å². The van der Waals surface area contributed by atoms with E-state index in [0.29, 0.717) is 11.7 Å². The zero-order chi connectivity index (χ0) is 14.7. The van der Waals surface area contributed by atoms with Crippen molar-refractivity contribution >= 4 is 11.7 Å². The summed E-state index contributed by atoms with van der Waals surface area (Å²) in [6.07, 6.45) is 0.806. The first-order valence-electron chi connectivity index (χ1n) is 6.69. The maximum Gasteiger partial charge on any atom is 0.260 e. The molecule has 1 heterocycles. The van der Waals surface area contributed by atoms with Gasteiger partial charge in [0.15, 0.2) is 5.82 Å². The molecule has 0 saturated carbocycles. The number of anilines is 1. The first kappa shape index (κ1) is 14.1. The minimum absolute atomic E-state index is 0.0284. The van der Waals surface area contributed by atoms with Crippen LogP contribution in [0.25, 0.3) is 0 Å². The number of hydrogen-bond acceptors (Lipinski definition) is 3. The van der Waals surface area contributed by atoms with E-state index < -0.39 is 0 Å². The summed E-state index contributed by atoms with van der Waals surface area (Å²) < 4.78 is 0. The molecule has 0 radical (unpaired) electrons. The van der Waals surface area contributed by atoms with Crippen molar-refractivity contribution in [3.05, 3.63) is 41.1 Å². The number of aromatic hydroxyl groups is 1. The predicted octanol–water partition coefficient (Wildman–Crippen LogP) is 3.05. The Kier molecular flexibility index (Phi) is 4.08. The van der Waals surface area contributed by atoms with Crippen LogP contribution < -0.4 is 5.32 Å². The Morgan fingerprint density at radius 2 is 2.15 bits per heavy atom. The van der Waals surface area contributed by atoms with Crippen LogP contribution in [-0.4, -0.2) is 21.2 Å². The van der Waals surface area contributed by atoms with Crippen molar-refractivity contribution < 1.29 is 9.90 Å². The highest BCUT2D eigenvalue weighted by Gasteiger charge is 2.14. The van der Waals surface area contributed by atoms with Crippen LogP contribution >= 0.6 is 0 Å². The van der Waals surface area contributed by atoms with Crippen LogP contribution in [0.2, 0.25) is 0 Å². The molecule has 0 spiro atoms. The fraction of sp³-hybridized carbons (Fsp3) is 0.333. The van der Waals surface area contributed by atoms with Gasteiger partial charge in [-0.3, -0.25) is 9.89 Å². The van der Waals surface area contributed by atoms with E-state index in [0.717, 1.165) is 17.7 Å². The van der Waals surface area contributed by atoms with Crippen LogP contribution in [0.1, 0.15) is 48.3 Å². The number of aromatic amines is 1. The van der Waals surface area contributed by atoms with Crippen molar-refractivity contribution in [3.63, 3.8) is 0 Å². The number of carbonyl (C=O) groups is 1. The molecule has 0 aliphatic heterocycles. The van der Waals surface area contributed by atoms with Gasteiger partial charge in [0, 0.05) is 11.8 Å². The van der Waals surface area contributed by atoms with Crippen molar-refractivity contribution in [2.75, 3.05) is 5.32 Å². The molecule has 0 aliphatic carbocycles. The van der Waals surface area contributed by atoms with Crippen LogP contribution in [-0.2, 0) is 6.42 Å². The third kappa shape index (κ3) is 2.99. The van der Waals surface area contributed by atoms with Gasteiger partial charge in [-0.15, -0.1) is 0 Å². The SMILES string of the molecule is CCc1ccc(O)c(C(=O)Nc2cc(C(C)C)[nH]n2)c1. The van der Waals surface area contributed by atoms with E-state index >= 15 is 0 Å². The van der Waals surface area contributed by atoms with Gasteiger partial charge in [-0.05, 0) is 30.0 Å². The monoisotopic (exact) mass is 273 g/mol. The Bertz CT molecular complexity index is 617. The molecule has 2 rings (SSSR count). The second-order valence-electron chi connectivity index (χ2n) is 5.02. The topological polar surface area (TPSA) is 78.0 Å². The summed E-state index contributed by atoms with van der Waals surface area (Å²) in [5, 5.41) is 19.4. The zero-order valence-electron chi connectivity index (χ0n) is 11.9. The van der Waals surface area contributed by atoms with E-state index in [1.54, 1.807) is 18.2 Å². The molecular formula is C15H19N3O2. The lowest BCUT2D eigenvalue weighted by atomic mass is 10.1. The lowest BCUT2D eigenvalue weighted by Gasteiger charge is -2.06. The number of nitrogens with zero attached hydrogens (tertiary/aromatic N) is 1. The molecule has 1 aromatic carbocycles. The smallest absolute Gasteiger partial charge is 0.260 e. The number of nitrogens with one attached hydrogen (secondary N) is 2. The Labute approximate surface area is 118 Å². The first-order valence-corrected chi connectivity index (χ1v) is 6.69. The summed E-state index contributed by atoms with van der Waals surface area (Å²) in [4.78, 5) is 12.2. The maximum absolute atomic E-state index is 12.2. The van der Waals surface area contributed by atoms with E-state index in [1.165, 1.54) is 6.07 Å². The van der Waals surface area contributed by atoms with Gasteiger partial charge in [0.2, 0.25) is 0 Å². The number of H-pyrrole nitrogens is 1. The molecule has 0 unspecified atom stereocenters. The van der Waals surface area contributed by atoms with Crippen LogP contribution in [0.15, 0.2) is 24.3 Å². The van der Waals surface area contributed by atoms with Gasteiger partial charge in [0.25, 0.3) is 5.91 Å². The molecule has 20 heavy (non-hydrogen) atoms. The third-order valence-electron chi connectivity index (χ3n) is 3.18. The molecule has 5 heteroatoms. The quantitative estimate of drug-likeness (QED) is 0.801. The van der Waals surface area contributed by atoms with Crippen molar-refractivity contribution in [1.82, 2.24) is 10.2 Å². The summed E-state index contributed by atoms with van der Waals surface area (Å²) in [5.74, 6) is 0.379. The van der Waals surface area contributed by atoms with E-state index in [9.17, 15) is 9.90 Å². The minimum atomic E-state index is -0.361. The van der Waals surface area contributed by atoms with Crippen molar-refractivity contribution in [3.8, 4) is 5.75 Å². The van der Waals surface area contributed by atoms with Gasteiger partial charge in [0.1, 0.15) is 5.75 Å². The summed E-state index contributed by atoms with van der Waals surface area (Å²) in [7, 11) is 0. The predicted molar refractivity (Wildman–Crippen MR) is 78.1 cm³/mol. The number of hydrogen-bond donors (Lipinski definition) is 3. The highest BCUT2D eigenvalue weighted by Crippen LogP contribution is 2.21. The molecule has 3 N–H and O–H groups in total. The molecule has 5 nitrogen and oxygen atoms in total. The van der Waals surface area contributed by atoms with Gasteiger partial charge in [-0.1, -0.05) is 26.8 Å². The molecule has 0 atom stereocenters. The molecule has 1 amide bonds. The third-order valence-corrected chi connectivity index (χ3v) is 3.18. The molecule has 0 fully saturated rings.